The normalized spacial score (nSPS) is 15.5. The standard InChI is InChI=1S/C17H21N5O2/c18-16(24)14-3-1-2-13(12-14)15-17(20-5-4-19-15)22-8-6-21(7-9-22)10-11-23/h1-5,12,23H,6-11H2,(H2,18,24). The molecule has 0 unspecified atom stereocenters. The minimum absolute atomic E-state index is 0.177. The quantitative estimate of drug-likeness (QED) is 0.823. The maximum absolute atomic E-state index is 11.4. The number of nitrogens with two attached hydrogens (primary N) is 1. The SMILES string of the molecule is NC(=O)c1cccc(-c2nccnc2N2CCN(CCO)CC2)c1. The number of β-amino-alcohol motifs (C(OH)–C–C–N with tert-alkyl or cyclic N) is 1. The maximum Gasteiger partial charge on any atom is 0.248 e. The molecule has 0 saturated carbocycles. The van der Waals surface area contributed by atoms with Gasteiger partial charge in [-0.2, -0.15) is 0 Å². The van der Waals surface area contributed by atoms with Gasteiger partial charge in [-0.1, -0.05) is 12.1 Å². The lowest BCUT2D eigenvalue weighted by molar-refractivity contribution is 0.100. The predicted octanol–water partition coefficient (Wildman–Crippen LogP) is 0.357. The van der Waals surface area contributed by atoms with Crippen molar-refractivity contribution in [1.29, 1.82) is 0 Å². The van der Waals surface area contributed by atoms with Gasteiger partial charge in [0.05, 0.1) is 6.61 Å². The van der Waals surface area contributed by atoms with Crippen LogP contribution in [0.2, 0.25) is 0 Å². The Morgan fingerprint density at radius 3 is 2.62 bits per heavy atom. The molecule has 1 saturated heterocycles. The van der Waals surface area contributed by atoms with Crippen molar-refractivity contribution in [3.8, 4) is 11.3 Å². The van der Waals surface area contributed by atoms with Gasteiger partial charge in [0.15, 0.2) is 5.82 Å². The maximum atomic E-state index is 11.4. The van der Waals surface area contributed by atoms with Gasteiger partial charge in [-0.25, -0.2) is 4.98 Å². The first-order valence-corrected chi connectivity index (χ1v) is 7.98. The van der Waals surface area contributed by atoms with E-state index in [0.29, 0.717) is 12.1 Å². The van der Waals surface area contributed by atoms with Gasteiger partial charge in [-0.3, -0.25) is 14.7 Å². The van der Waals surface area contributed by atoms with E-state index in [4.69, 9.17) is 10.8 Å². The first kappa shape index (κ1) is 16.4. The summed E-state index contributed by atoms with van der Waals surface area (Å²) in [7, 11) is 0. The Hall–Kier alpha value is -2.51. The summed E-state index contributed by atoms with van der Waals surface area (Å²) in [6.07, 6.45) is 3.33. The average molecular weight is 327 g/mol. The van der Waals surface area contributed by atoms with Crippen LogP contribution in [0.5, 0.6) is 0 Å². The van der Waals surface area contributed by atoms with Gasteiger partial charge in [0.25, 0.3) is 0 Å². The summed E-state index contributed by atoms with van der Waals surface area (Å²) in [5.74, 6) is 0.350. The fourth-order valence-electron chi connectivity index (χ4n) is 2.91. The number of carbonyl (C=O) groups is 1. The number of hydrogen-bond acceptors (Lipinski definition) is 6. The number of primary amides is 1. The number of nitrogens with zero attached hydrogens (tertiary/aromatic N) is 4. The van der Waals surface area contributed by atoms with Crippen LogP contribution in [0, 0.1) is 0 Å². The number of rotatable bonds is 5. The van der Waals surface area contributed by atoms with E-state index >= 15 is 0 Å². The minimum Gasteiger partial charge on any atom is -0.395 e. The summed E-state index contributed by atoms with van der Waals surface area (Å²) in [5.41, 5.74) is 7.40. The van der Waals surface area contributed by atoms with Gasteiger partial charge in [0.2, 0.25) is 5.91 Å². The second-order valence-corrected chi connectivity index (χ2v) is 5.73. The second kappa shape index (κ2) is 7.37. The Bertz CT molecular complexity index is 714. The lowest BCUT2D eigenvalue weighted by Gasteiger charge is -2.35. The number of amides is 1. The molecule has 0 atom stereocenters. The molecule has 0 bridgehead atoms. The van der Waals surface area contributed by atoms with Crippen molar-refractivity contribution in [3.05, 3.63) is 42.2 Å². The molecule has 1 aliphatic heterocycles. The molecule has 7 heteroatoms. The van der Waals surface area contributed by atoms with Crippen LogP contribution in [0.1, 0.15) is 10.4 Å². The number of hydrogen-bond donors (Lipinski definition) is 2. The smallest absolute Gasteiger partial charge is 0.248 e. The van der Waals surface area contributed by atoms with E-state index in [-0.39, 0.29) is 6.61 Å². The predicted molar refractivity (Wildman–Crippen MR) is 91.7 cm³/mol. The molecule has 3 rings (SSSR count). The first-order chi connectivity index (χ1) is 11.7. The minimum atomic E-state index is -0.458. The molecule has 126 valence electrons. The Kier molecular flexibility index (Phi) is 5.02. The Labute approximate surface area is 140 Å². The van der Waals surface area contributed by atoms with E-state index in [2.05, 4.69) is 19.8 Å². The Morgan fingerprint density at radius 1 is 1.17 bits per heavy atom. The van der Waals surface area contributed by atoms with Crippen molar-refractivity contribution in [2.75, 3.05) is 44.2 Å². The molecular formula is C17H21N5O2. The van der Waals surface area contributed by atoms with E-state index in [9.17, 15) is 4.79 Å². The fraction of sp³-hybridized carbons (Fsp3) is 0.353. The molecule has 24 heavy (non-hydrogen) atoms. The molecule has 2 aromatic rings. The fourth-order valence-corrected chi connectivity index (χ4v) is 2.91. The molecule has 7 nitrogen and oxygen atoms in total. The first-order valence-electron chi connectivity index (χ1n) is 7.98. The third-order valence-electron chi connectivity index (χ3n) is 4.19. The molecule has 0 spiro atoms. The van der Waals surface area contributed by atoms with Crippen molar-refractivity contribution < 1.29 is 9.90 Å². The summed E-state index contributed by atoms with van der Waals surface area (Å²) < 4.78 is 0. The summed E-state index contributed by atoms with van der Waals surface area (Å²) in [5, 5.41) is 9.05. The number of benzene rings is 1. The number of carbonyl (C=O) groups excluding carboxylic acids is 1. The van der Waals surface area contributed by atoms with E-state index in [1.165, 1.54) is 0 Å². The van der Waals surface area contributed by atoms with Gasteiger partial charge in [-0.05, 0) is 12.1 Å². The second-order valence-electron chi connectivity index (χ2n) is 5.73. The summed E-state index contributed by atoms with van der Waals surface area (Å²) in [4.78, 5) is 24.8. The molecular weight excluding hydrogens is 306 g/mol. The summed E-state index contributed by atoms with van der Waals surface area (Å²) >= 11 is 0. The van der Waals surface area contributed by atoms with E-state index < -0.39 is 5.91 Å². The van der Waals surface area contributed by atoms with Crippen LogP contribution in [0.15, 0.2) is 36.7 Å². The van der Waals surface area contributed by atoms with E-state index in [1.807, 2.05) is 6.07 Å². The lowest BCUT2D eigenvalue weighted by atomic mass is 10.1. The topological polar surface area (TPSA) is 95.6 Å². The van der Waals surface area contributed by atoms with Crippen LogP contribution >= 0.6 is 0 Å². The number of aliphatic hydroxyl groups excluding tert-OH is 1. The molecule has 1 amide bonds. The number of anilines is 1. The van der Waals surface area contributed by atoms with Crippen LogP contribution in [0.4, 0.5) is 5.82 Å². The number of aliphatic hydroxyl groups is 1. The van der Waals surface area contributed by atoms with Gasteiger partial charge in [-0.15, -0.1) is 0 Å². The van der Waals surface area contributed by atoms with Crippen LogP contribution in [-0.2, 0) is 0 Å². The molecule has 1 fully saturated rings. The zero-order chi connectivity index (χ0) is 16.9. The van der Waals surface area contributed by atoms with Crippen LogP contribution in [0.25, 0.3) is 11.3 Å². The highest BCUT2D eigenvalue weighted by atomic mass is 16.3. The van der Waals surface area contributed by atoms with Crippen molar-refractivity contribution in [3.63, 3.8) is 0 Å². The van der Waals surface area contributed by atoms with Gasteiger partial charge >= 0.3 is 0 Å². The largest absolute Gasteiger partial charge is 0.395 e. The van der Waals surface area contributed by atoms with Crippen molar-refractivity contribution in [2.24, 2.45) is 5.73 Å². The molecule has 0 radical (unpaired) electrons. The highest BCUT2D eigenvalue weighted by molar-refractivity contribution is 5.94. The van der Waals surface area contributed by atoms with Crippen LogP contribution < -0.4 is 10.6 Å². The monoisotopic (exact) mass is 327 g/mol. The summed E-state index contributed by atoms with van der Waals surface area (Å²) in [6, 6.07) is 7.14. The molecule has 0 aliphatic carbocycles. The highest BCUT2D eigenvalue weighted by Gasteiger charge is 2.21. The Balaban J connectivity index is 1.86. The van der Waals surface area contributed by atoms with Gasteiger partial charge in [0.1, 0.15) is 5.69 Å². The van der Waals surface area contributed by atoms with E-state index in [1.54, 1.807) is 30.6 Å². The third kappa shape index (κ3) is 3.52. The zero-order valence-electron chi connectivity index (χ0n) is 13.4. The highest BCUT2D eigenvalue weighted by Crippen LogP contribution is 2.27. The van der Waals surface area contributed by atoms with Crippen molar-refractivity contribution >= 4 is 11.7 Å². The van der Waals surface area contributed by atoms with Crippen molar-refractivity contribution in [1.82, 2.24) is 14.9 Å². The van der Waals surface area contributed by atoms with Crippen molar-refractivity contribution in [2.45, 2.75) is 0 Å². The summed E-state index contributed by atoms with van der Waals surface area (Å²) in [6.45, 7) is 4.26. The average Bonchev–Trinajstić information content (AvgIpc) is 2.63. The third-order valence-corrected chi connectivity index (χ3v) is 4.19. The number of aromatic nitrogens is 2. The van der Waals surface area contributed by atoms with Crippen LogP contribution in [-0.4, -0.2) is 65.2 Å². The molecule has 2 heterocycles. The molecule has 1 aromatic heterocycles. The molecule has 1 aromatic carbocycles. The molecule has 3 N–H and O–H groups in total. The Morgan fingerprint density at radius 2 is 1.92 bits per heavy atom. The van der Waals surface area contributed by atoms with Crippen LogP contribution in [0.3, 0.4) is 0 Å². The molecule has 1 aliphatic rings. The van der Waals surface area contributed by atoms with Gasteiger partial charge < -0.3 is 15.7 Å². The number of piperazine rings is 1. The van der Waals surface area contributed by atoms with E-state index in [0.717, 1.165) is 43.3 Å². The zero-order valence-corrected chi connectivity index (χ0v) is 13.4. The lowest BCUT2D eigenvalue weighted by Crippen LogP contribution is -2.47. The van der Waals surface area contributed by atoms with Gasteiger partial charge in [0, 0.05) is 56.2 Å².